The van der Waals surface area contributed by atoms with Gasteiger partial charge in [0.25, 0.3) is 0 Å². The van der Waals surface area contributed by atoms with E-state index in [1.165, 1.54) is 4.90 Å². The fourth-order valence-corrected chi connectivity index (χ4v) is 3.85. The molecule has 0 spiro atoms. The Hall–Kier alpha value is -1.96. The minimum atomic E-state index is -0.942. The Balaban J connectivity index is 1.83. The molecule has 0 radical (unpaired) electrons. The summed E-state index contributed by atoms with van der Waals surface area (Å²) in [5, 5.41) is 18.9. The lowest BCUT2D eigenvalue weighted by Gasteiger charge is -2.39. The Morgan fingerprint density at radius 1 is 1.24 bits per heavy atom. The number of aliphatic hydroxyl groups is 1. The number of carbonyl (C=O) groups is 2. The highest BCUT2D eigenvalue weighted by Gasteiger charge is 2.40. The van der Waals surface area contributed by atoms with Crippen molar-refractivity contribution < 1.29 is 14.7 Å². The molecule has 1 aromatic rings. The summed E-state index contributed by atoms with van der Waals surface area (Å²) in [5.41, 5.74) is -0.942. The second-order valence-electron chi connectivity index (χ2n) is 7.51. The van der Waals surface area contributed by atoms with Crippen molar-refractivity contribution in [1.82, 2.24) is 24.6 Å². The van der Waals surface area contributed by atoms with E-state index in [1.807, 2.05) is 11.5 Å². The van der Waals surface area contributed by atoms with Crippen LogP contribution in [-0.4, -0.2) is 67.2 Å². The van der Waals surface area contributed by atoms with Crippen LogP contribution in [0.5, 0.6) is 0 Å². The molecular formula is C17H27N5O3. The van der Waals surface area contributed by atoms with Crippen molar-refractivity contribution in [2.24, 2.45) is 0 Å². The maximum Gasteiger partial charge on any atom is 0.246 e. The minimum absolute atomic E-state index is 0.0668. The van der Waals surface area contributed by atoms with Crippen LogP contribution in [0.25, 0.3) is 0 Å². The first-order chi connectivity index (χ1) is 11.8. The zero-order valence-corrected chi connectivity index (χ0v) is 15.2. The van der Waals surface area contributed by atoms with Crippen molar-refractivity contribution in [3.8, 4) is 0 Å². The third kappa shape index (κ3) is 3.53. The number of hydrogen-bond acceptors (Lipinski definition) is 5. The van der Waals surface area contributed by atoms with E-state index < -0.39 is 11.6 Å². The standard InChI is InChI=1S/C17H27N5O3/c1-12-18-19-14-11-22(13(10-21(12)14)16(24)20(2)3)15(23)9-17(25)7-5-4-6-8-17/h13,25H,4-11H2,1-3H3. The van der Waals surface area contributed by atoms with Gasteiger partial charge in [-0.2, -0.15) is 0 Å². The van der Waals surface area contributed by atoms with Crippen LogP contribution in [-0.2, 0) is 22.7 Å². The summed E-state index contributed by atoms with van der Waals surface area (Å²) in [4.78, 5) is 28.7. The Morgan fingerprint density at radius 3 is 2.56 bits per heavy atom. The van der Waals surface area contributed by atoms with E-state index in [-0.39, 0.29) is 24.8 Å². The van der Waals surface area contributed by atoms with Crippen molar-refractivity contribution in [3.05, 3.63) is 11.6 Å². The molecule has 0 aromatic carbocycles. The molecule has 1 unspecified atom stereocenters. The van der Waals surface area contributed by atoms with E-state index in [0.29, 0.717) is 25.2 Å². The molecule has 1 aromatic heterocycles. The van der Waals surface area contributed by atoms with Gasteiger partial charge < -0.3 is 19.5 Å². The molecule has 2 aliphatic rings. The van der Waals surface area contributed by atoms with Gasteiger partial charge in [0.15, 0.2) is 5.82 Å². The largest absolute Gasteiger partial charge is 0.389 e. The van der Waals surface area contributed by atoms with Crippen molar-refractivity contribution in [3.63, 3.8) is 0 Å². The van der Waals surface area contributed by atoms with E-state index in [1.54, 1.807) is 19.0 Å². The third-order valence-corrected chi connectivity index (χ3v) is 5.37. The van der Waals surface area contributed by atoms with E-state index in [4.69, 9.17) is 0 Å². The topological polar surface area (TPSA) is 91.6 Å². The number of fused-ring (bicyclic) bond motifs is 1. The van der Waals surface area contributed by atoms with Gasteiger partial charge in [0.2, 0.25) is 11.8 Å². The predicted molar refractivity (Wildman–Crippen MR) is 90.4 cm³/mol. The molecule has 1 saturated carbocycles. The van der Waals surface area contributed by atoms with Crippen LogP contribution in [0.1, 0.15) is 50.2 Å². The zero-order chi connectivity index (χ0) is 18.2. The lowest BCUT2D eigenvalue weighted by Crippen LogP contribution is -2.55. The fourth-order valence-electron chi connectivity index (χ4n) is 3.85. The Morgan fingerprint density at radius 2 is 1.92 bits per heavy atom. The Bertz CT molecular complexity index is 663. The summed E-state index contributed by atoms with van der Waals surface area (Å²) in [6.45, 7) is 2.45. The van der Waals surface area contributed by atoms with Crippen LogP contribution in [0, 0.1) is 6.92 Å². The van der Waals surface area contributed by atoms with Gasteiger partial charge in [-0.05, 0) is 19.8 Å². The van der Waals surface area contributed by atoms with Crippen LogP contribution in [0.3, 0.4) is 0 Å². The number of likely N-dealkylation sites (N-methyl/N-ethyl adjacent to an activating group) is 1. The molecule has 2 amide bonds. The maximum atomic E-state index is 13.0. The molecule has 3 rings (SSSR count). The minimum Gasteiger partial charge on any atom is -0.389 e. The molecule has 138 valence electrons. The molecular weight excluding hydrogens is 322 g/mol. The maximum absolute atomic E-state index is 13.0. The van der Waals surface area contributed by atoms with Crippen LogP contribution in [0.15, 0.2) is 0 Å². The van der Waals surface area contributed by atoms with E-state index >= 15 is 0 Å². The summed E-state index contributed by atoms with van der Waals surface area (Å²) in [6, 6.07) is -0.586. The van der Waals surface area contributed by atoms with Gasteiger partial charge in [-0.25, -0.2) is 0 Å². The van der Waals surface area contributed by atoms with Gasteiger partial charge >= 0.3 is 0 Å². The Kier molecular flexibility index (Phi) is 4.81. The molecule has 1 N–H and O–H groups in total. The molecule has 1 fully saturated rings. The van der Waals surface area contributed by atoms with Crippen molar-refractivity contribution in [1.29, 1.82) is 0 Å². The normalized spacial score (nSPS) is 22.4. The highest BCUT2D eigenvalue weighted by Crippen LogP contribution is 2.32. The Labute approximate surface area is 147 Å². The van der Waals surface area contributed by atoms with Crippen molar-refractivity contribution in [2.45, 2.75) is 70.2 Å². The summed E-state index contributed by atoms with van der Waals surface area (Å²) in [7, 11) is 3.38. The first-order valence-electron chi connectivity index (χ1n) is 8.92. The SMILES string of the molecule is Cc1nnc2n1CC(C(=O)N(C)C)N(C(=O)CC1(O)CCCCC1)C2. The lowest BCUT2D eigenvalue weighted by atomic mass is 9.82. The molecule has 2 heterocycles. The van der Waals surface area contributed by atoms with E-state index in [9.17, 15) is 14.7 Å². The zero-order valence-electron chi connectivity index (χ0n) is 15.2. The summed E-state index contributed by atoms with van der Waals surface area (Å²) in [6.07, 6.45) is 4.35. The molecule has 8 nitrogen and oxygen atoms in total. The average molecular weight is 349 g/mol. The average Bonchev–Trinajstić information content (AvgIpc) is 2.93. The first kappa shape index (κ1) is 17.8. The summed E-state index contributed by atoms with van der Waals surface area (Å²) in [5.74, 6) is 1.12. The van der Waals surface area contributed by atoms with Gasteiger partial charge in [-0.15, -0.1) is 10.2 Å². The third-order valence-electron chi connectivity index (χ3n) is 5.37. The number of amides is 2. The molecule has 1 aliphatic carbocycles. The molecule has 0 saturated heterocycles. The fraction of sp³-hybridized carbons (Fsp3) is 0.765. The van der Waals surface area contributed by atoms with E-state index in [0.717, 1.165) is 25.1 Å². The van der Waals surface area contributed by atoms with Crippen LogP contribution >= 0.6 is 0 Å². The van der Waals surface area contributed by atoms with Crippen molar-refractivity contribution in [2.75, 3.05) is 14.1 Å². The molecule has 25 heavy (non-hydrogen) atoms. The molecule has 1 atom stereocenters. The van der Waals surface area contributed by atoms with Gasteiger partial charge in [0.05, 0.1) is 25.1 Å². The highest BCUT2D eigenvalue weighted by molar-refractivity contribution is 5.88. The number of rotatable bonds is 3. The number of carbonyl (C=O) groups excluding carboxylic acids is 2. The van der Waals surface area contributed by atoms with Gasteiger partial charge in [0.1, 0.15) is 11.9 Å². The van der Waals surface area contributed by atoms with Crippen LogP contribution in [0.2, 0.25) is 0 Å². The summed E-state index contributed by atoms with van der Waals surface area (Å²) < 4.78 is 1.89. The monoisotopic (exact) mass is 349 g/mol. The smallest absolute Gasteiger partial charge is 0.246 e. The predicted octanol–water partition coefficient (Wildman–Crippen LogP) is 0.471. The molecule has 0 bridgehead atoms. The number of hydrogen-bond donors (Lipinski definition) is 1. The van der Waals surface area contributed by atoms with Crippen LogP contribution < -0.4 is 0 Å². The van der Waals surface area contributed by atoms with Gasteiger partial charge in [0, 0.05) is 14.1 Å². The highest BCUT2D eigenvalue weighted by atomic mass is 16.3. The quantitative estimate of drug-likeness (QED) is 0.856. The first-order valence-corrected chi connectivity index (χ1v) is 8.92. The molecule has 8 heteroatoms. The summed E-state index contributed by atoms with van der Waals surface area (Å²) >= 11 is 0. The second kappa shape index (κ2) is 6.74. The number of nitrogens with zero attached hydrogens (tertiary/aromatic N) is 5. The number of aromatic nitrogens is 3. The van der Waals surface area contributed by atoms with Gasteiger partial charge in [-0.3, -0.25) is 9.59 Å². The van der Waals surface area contributed by atoms with Gasteiger partial charge in [-0.1, -0.05) is 19.3 Å². The number of aryl methyl sites for hydroxylation is 1. The van der Waals surface area contributed by atoms with Crippen molar-refractivity contribution >= 4 is 11.8 Å². The molecule has 1 aliphatic heterocycles. The van der Waals surface area contributed by atoms with E-state index in [2.05, 4.69) is 10.2 Å². The van der Waals surface area contributed by atoms with Crippen LogP contribution in [0.4, 0.5) is 0 Å². The lowest BCUT2D eigenvalue weighted by molar-refractivity contribution is -0.151. The second-order valence-corrected chi connectivity index (χ2v) is 7.51.